The molecule has 1 aliphatic rings. The van der Waals surface area contributed by atoms with Gasteiger partial charge in [0.05, 0.1) is 25.0 Å². The van der Waals surface area contributed by atoms with E-state index < -0.39 is 5.91 Å². The van der Waals surface area contributed by atoms with E-state index in [-0.39, 0.29) is 50.2 Å². The number of allylic oxidation sites excluding steroid dienone is 3. The number of hydrogen-bond donors (Lipinski definition) is 2. The average molecular weight is 812 g/mol. The number of nitrogens with two attached hydrogens (primary N) is 1. The minimum Gasteiger partial charge on any atom is -0.523 e. The molecule has 3 rings (SSSR count). The predicted octanol–water partition coefficient (Wildman–Crippen LogP) is 4.60. The third kappa shape index (κ3) is 12.5. The maximum absolute atomic E-state index is 12.8. The van der Waals surface area contributed by atoms with Crippen LogP contribution in [0.25, 0.3) is 5.70 Å². The zero-order valence-electron chi connectivity index (χ0n) is 25.7. The van der Waals surface area contributed by atoms with Gasteiger partial charge in [0.2, 0.25) is 0 Å². The van der Waals surface area contributed by atoms with Crippen molar-refractivity contribution in [2.24, 2.45) is 10.7 Å². The first-order valence-electron chi connectivity index (χ1n) is 13.8. The van der Waals surface area contributed by atoms with Gasteiger partial charge in [-0.05, 0) is 56.3 Å². The Balaban J connectivity index is 0.00000462. The number of carbonyl (C=O) groups excluding carboxylic acids is 2. The standard InChI is InChI=1S/C32H40N5O4.CH3.U/c1-5-8-30(24-11-15-28(40-4)16-12-24)34-26(6-2)23-29(33)31(38)35-27-13-9-25(10-14-27)32(39)41-22-7-17-37-20-18-36(3)19-21-37;;/h5,8-15,23H,1,6-7,17-22,33H2,2-4H3,(H,35,38);1H3;/q2*-1;+2/b29-23-,30-8-,34-26-;;. The zero-order valence-corrected chi connectivity index (χ0v) is 29.9. The molecule has 0 aromatic heterocycles. The summed E-state index contributed by atoms with van der Waals surface area (Å²) in [5, 5.41) is 2.75. The summed E-state index contributed by atoms with van der Waals surface area (Å²) in [6.07, 6.45) is 6.31. The smallest absolute Gasteiger partial charge is 0.523 e. The van der Waals surface area contributed by atoms with Gasteiger partial charge in [0.25, 0.3) is 5.91 Å². The molecule has 43 heavy (non-hydrogen) atoms. The molecular formula is C33H43N5O4U. The molecule has 2 aromatic carbocycles. The number of aliphatic imine (C=N–C) groups is 1. The maximum atomic E-state index is 12.8. The summed E-state index contributed by atoms with van der Waals surface area (Å²) < 4.78 is 10.6. The second kappa shape index (κ2) is 19.9. The number of esters is 1. The zero-order chi connectivity index (χ0) is 29.6. The summed E-state index contributed by atoms with van der Waals surface area (Å²) in [5.74, 6) is -0.242. The molecule has 0 bridgehead atoms. The Labute approximate surface area is 280 Å². The van der Waals surface area contributed by atoms with Crippen LogP contribution in [-0.2, 0) is 9.53 Å². The first-order chi connectivity index (χ1) is 19.8. The number of anilines is 1. The van der Waals surface area contributed by atoms with Crippen molar-refractivity contribution in [1.82, 2.24) is 9.80 Å². The molecular weight excluding hydrogens is 768 g/mol. The number of amides is 1. The first kappa shape index (κ1) is 37.9. The third-order valence-electron chi connectivity index (χ3n) is 6.61. The molecule has 0 radical (unpaired) electrons. The van der Waals surface area contributed by atoms with Gasteiger partial charge in [-0.25, -0.2) is 4.79 Å². The van der Waals surface area contributed by atoms with Crippen molar-refractivity contribution in [3.05, 3.63) is 97.6 Å². The van der Waals surface area contributed by atoms with E-state index in [2.05, 4.69) is 39.8 Å². The van der Waals surface area contributed by atoms with E-state index in [1.807, 2.05) is 13.0 Å². The van der Waals surface area contributed by atoms with Crippen molar-refractivity contribution >= 4 is 29.0 Å². The van der Waals surface area contributed by atoms with Gasteiger partial charge in [-0.15, -0.1) is 17.7 Å². The SMILES string of the molecule is C=C\C=C(/N=C(\C=C(/N)C(=O)Nc1ccc(C(=O)OCCCN2CCN(C)CC2)cc1)CC)c1c[c-]c(OC)cc1.[CH3-].[U+2]. The van der Waals surface area contributed by atoms with Crippen LogP contribution in [0.15, 0.2) is 78.0 Å². The topological polar surface area (TPSA) is 109 Å². The van der Waals surface area contributed by atoms with E-state index in [0.717, 1.165) is 44.7 Å². The Hall–Kier alpha value is -3.16. The number of hydrogen-bond acceptors (Lipinski definition) is 8. The molecule has 10 heteroatoms. The van der Waals surface area contributed by atoms with Gasteiger partial charge in [-0.2, -0.15) is 12.1 Å². The normalized spacial score (nSPS) is 14.6. The fourth-order valence-corrected chi connectivity index (χ4v) is 4.12. The Morgan fingerprint density at radius 1 is 1.12 bits per heavy atom. The summed E-state index contributed by atoms with van der Waals surface area (Å²) >= 11 is 0. The molecule has 1 fully saturated rings. The monoisotopic (exact) mass is 811 g/mol. The van der Waals surface area contributed by atoms with Crippen LogP contribution in [0.3, 0.4) is 0 Å². The van der Waals surface area contributed by atoms with Crippen LogP contribution < -0.4 is 15.8 Å². The summed E-state index contributed by atoms with van der Waals surface area (Å²) in [6.45, 7) is 11.2. The van der Waals surface area contributed by atoms with Gasteiger partial charge in [0.1, 0.15) is 0 Å². The predicted molar refractivity (Wildman–Crippen MR) is 170 cm³/mol. The van der Waals surface area contributed by atoms with Gasteiger partial charge in [0.15, 0.2) is 0 Å². The van der Waals surface area contributed by atoms with E-state index >= 15 is 0 Å². The minimum absolute atomic E-state index is 0. The molecule has 228 valence electrons. The summed E-state index contributed by atoms with van der Waals surface area (Å²) in [6, 6.07) is 15.0. The van der Waals surface area contributed by atoms with Crippen molar-refractivity contribution in [2.75, 3.05) is 58.8 Å². The molecule has 1 amide bonds. The molecule has 1 heterocycles. The fourth-order valence-electron chi connectivity index (χ4n) is 4.12. The van der Waals surface area contributed by atoms with Crippen molar-refractivity contribution < 1.29 is 50.2 Å². The number of nitrogens with zero attached hydrogens (tertiary/aromatic N) is 3. The number of methoxy groups -OCH3 is 1. The number of rotatable bonds is 13. The van der Waals surface area contributed by atoms with Gasteiger partial charge >= 0.3 is 37.1 Å². The van der Waals surface area contributed by atoms with E-state index in [0.29, 0.717) is 41.4 Å². The number of benzene rings is 2. The van der Waals surface area contributed by atoms with E-state index in [1.54, 1.807) is 61.7 Å². The Morgan fingerprint density at radius 2 is 1.79 bits per heavy atom. The van der Waals surface area contributed by atoms with Crippen molar-refractivity contribution in [1.29, 1.82) is 0 Å². The Morgan fingerprint density at radius 3 is 2.37 bits per heavy atom. The molecule has 2 aromatic rings. The maximum Gasteiger partial charge on any atom is 2.00 e. The molecule has 0 saturated carbocycles. The Kier molecular flexibility index (Phi) is 17.5. The largest absolute Gasteiger partial charge is 2.00 e. The molecule has 9 nitrogen and oxygen atoms in total. The summed E-state index contributed by atoms with van der Waals surface area (Å²) in [7, 11) is 3.71. The van der Waals surface area contributed by atoms with E-state index in [1.165, 1.54) is 0 Å². The molecule has 1 aliphatic heterocycles. The van der Waals surface area contributed by atoms with Crippen LogP contribution in [0.4, 0.5) is 5.69 Å². The molecule has 0 atom stereocenters. The van der Waals surface area contributed by atoms with Crippen LogP contribution in [0.5, 0.6) is 5.75 Å². The number of piperazine rings is 1. The van der Waals surface area contributed by atoms with Crippen LogP contribution in [0.2, 0.25) is 0 Å². The second-order valence-electron chi connectivity index (χ2n) is 9.66. The number of likely N-dealkylation sites (N-methyl/N-ethyl adjacent to an activating group) is 1. The molecule has 3 N–H and O–H groups in total. The van der Waals surface area contributed by atoms with Crippen LogP contribution in [0.1, 0.15) is 35.7 Å². The van der Waals surface area contributed by atoms with Gasteiger partial charge in [-0.1, -0.05) is 19.6 Å². The Bertz CT molecular complexity index is 1270. The van der Waals surface area contributed by atoms with Gasteiger partial charge in [-0.3, -0.25) is 9.79 Å². The number of ether oxygens (including phenoxy) is 2. The van der Waals surface area contributed by atoms with Crippen LogP contribution >= 0.6 is 0 Å². The van der Waals surface area contributed by atoms with E-state index in [9.17, 15) is 9.59 Å². The van der Waals surface area contributed by atoms with Crippen LogP contribution in [-0.4, -0.2) is 80.9 Å². The van der Waals surface area contributed by atoms with Gasteiger partial charge < -0.3 is 37.8 Å². The second-order valence-corrected chi connectivity index (χ2v) is 9.66. The van der Waals surface area contributed by atoms with Crippen molar-refractivity contribution in [2.45, 2.75) is 19.8 Å². The van der Waals surface area contributed by atoms with Crippen molar-refractivity contribution in [3.63, 3.8) is 0 Å². The number of carbonyl (C=O) groups is 2. The summed E-state index contributed by atoms with van der Waals surface area (Å²) in [5.41, 5.74) is 9.13. The minimum atomic E-state index is -0.475. The molecule has 0 spiro atoms. The fraction of sp³-hybridized carbons (Fsp3) is 0.333. The molecule has 1 saturated heterocycles. The average Bonchev–Trinajstić information content (AvgIpc) is 2.99. The number of nitrogens with one attached hydrogen (secondary N) is 1. The van der Waals surface area contributed by atoms with Gasteiger partial charge in [0, 0.05) is 55.6 Å². The first-order valence-corrected chi connectivity index (χ1v) is 13.8. The molecule has 0 aliphatic carbocycles. The quantitative estimate of drug-likeness (QED) is 0.0761. The molecule has 0 unspecified atom stereocenters. The van der Waals surface area contributed by atoms with Crippen molar-refractivity contribution in [3.8, 4) is 5.75 Å². The third-order valence-corrected chi connectivity index (χ3v) is 6.61. The van der Waals surface area contributed by atoms with E-state index in [4.69, 9.17) is 15.2 Å². The van der Waals surface area contributed by atoms with Crippen LogP contribution in [0, 0.1) is 44.6 Å². The summed E-state index contributed by atoms with van der Waals surface area (Å²) in [4.78, 5) is 34.5.